The van der Waals surface area contributed by atoms with E-state index >= 15 is 0 Å². The molecule has 98 valence electrons. The van der Waals surface area contributed by atoms with Crippen LogP contribution >= 0.6 is 0 Å². The third-order valence-electron chi connectivity index (χ3n) is 2.16. The topological polar surface area (TPSA) is 122 Å². The number of aliphatic carboxylic acids is 1. The van der Waals surface area contributed by atoms with Crippen LogP contribution in [0.1, 0.15) is 33.1 Å². The van der Waals surface area contributed by atoms with Crippen molar-refractivity contribution in [1.29, 1.82) is 0 Å². The molecule has 0 spiro atoms. The Morgan fingerprint density at radius 2 is 1.88 bits per heavy atom. The third-order valence-corrected chi connectivity index (χ3v) is 2.16. The van der Waals surface area contributed by atoms with Crippen LogP contribution in [0.3, 0.4) is 0 Å². The Labute approximate surface area is 99.7 Å². The molecule has 7 heteroatoms. The Bertz CT molecular complexity index is 293. The summed E-state index contributed by atoms with van der Waals surface area (Å²) < 4.78 is 0. The molecule has 0 fully saturated rings. The highest BCUT2D eigenvalue weighted by Gasteiger charge is 2.19. The van der Waals surface area contributed by atoms with Gasteiger partial charge in [-0.05, 0) is 13.3 Å². The summed E-state index contributed by atoms with van der Waals surface area (Å²) in [5.41, 5.74) is 4.88. The van der Waals surface area contributed by atoms with Gasteiger partial charge < -0.3 is 21.5 Å². The Morgan fingerprint density at radius 3 is 2.29 bits per heavy atom. The van der Waals surface area contributed by atoms with E-state index in [9.17, 15) is 14.4 Å². The first-order valence-electron chi connectivity index (χ1n) is 5.45. The van der Waals surface area contributed by atoms with Gasteiger partial charge in [0, 0.05) is 6.04 Å². The lowest BCUT2D eigenvalue weighted by atomic mass is 10.1. The molecule has 0 aliphatic rings. The maximum Gasteiger partial charge on any atom is 0.312 e. The van der Waals surface area contributed by atoms with Crippen LogP contribution in [0.4, 0.5) is 4.79 Å². The minimum absolute atomic E-state index is 0.136. The Hall–Kier alpha value is -1.79. The van der Waals surface area contributed by atoms with E-state index in [1.54, 1.807) is 0 Å². The zero-order chi connectivity index (χ0) is 13.4. The number of nitrogens with two attached hydrogens (primary N) is 1. The second kappa shape index (κ2) is 7.48. The van der Waals surface area contributed by atoms with Crippen LogP contribution in [0.5, 0.6) is 0 Å². The van der Waals surface area contributed by atoms with E-state index in [4.69, 9.17) is 10.8 Å². The quantitative estimate of drug-likeness (QED) is 0.496. The Balaban J connectivity index is 4.28. The van der Waals surface area contributed by atoms with E-state index in [-0.39, 0.29) is 6.42 Å². The van der Waals surface area contributed by atoms with Gasteiger partial charge in [-0.1, -0.05) is 13.3 Å². The number of nitrogens with one attached hydrogen (secondary N) is 2. The van der Waals surface area contributed by atoms with E-state index in [1.165, 1.54) is 6.92 Å². The van der Waals surface area contributed by atoms with Crippen molar-refractivity contribution in [2.45, 2.75) is 45.2 Å². The molecular weight excluding hydrogens is 226 g/mol. The van der Waals surface area contributed by atoms with E-state index in [0.717, 1.165) is 6.42 Å². The van der Waals surface area contributed by atoms with Crippen molar-refractivity contribution >= 4 is 17.9 Å². The van der Waals surface area contributed by atoms with Crippen LogP contribution in [0.2, 0.25) is 0 Å². The molecule has 2 unspecified atom stereocenters. The number of hydrogen-bond donors (Lipinski definition) is 4. The van der Waals surface area contributed by atoms with Crippen LogP contribution in [-0.4, -0.2) is 35.1 Å². The lowest BCUT2D eigenvalue weighted by Gasteiger charge is -2.19. The van der Waals surface area contributed by atoms with Gasteiger partial charge in [-0.3, -0.25) is 9.59 Å². The molecule has 0 radical (unpaired) electrons. The molecule has 0 aromatic rings. The van der Waals surface area contributed by atoms with E-state index in [2.05, 4.69) is 10.6 Å². The fraction of sp³-hybridized carbons (Fsp3) is 0.700. The van der Waals surface area contributed by atoms with Crippen molar-refractivity contribution in [3.05, 3.63) is 0 Å². The maximum atomic E-state index is 11.6. The molecule has 7 nitrogen and oxygen atoms in total. The van der Waals surface area contributed by atoms with Crippen molar-refractivity contribution in [3.8, 4) is 0 Å². The molecular formula is C10H19N3O4. The monoisotopic (exact) mass is 245 g/mol. The minimum Gasteiger partial charge on any atom is -0.481 e. The molecule has 0 bridgehead atoms. The maximum absolute atomic E-state index is 11.6. The van der Waals surface area contributed by atoms with Crippen molar-refractivity contribution in [3.63, 3.8) is 0 Å². The van der Waals surface area contributed by atoms with Gasteiger partial charge in [-0.25, -0.2) is 4.79 Å². The minimum atomic E-state index is -0.973. The molecule has 0 aromatic heterocycles. The Morgan fingerprint density at radius 1 is 1.29 bits per heavy atom. The normalized spacial score (nSPS) is 13.5. The number of carbonyl (C=O) groups is 3. The second-order valence-corrected chi connectivity index (χ2v) is 3.82. The van der Waals surface area contributed by atoms with Crippen molar-refractivity contribution < 1.29 is 19.5 Å². The molecule has 17 heavy (non-hydrogen) atoms. The molecule has 0 heterocycles. The van der Waals surface area contributed by atoms with Gasteiger partial charge in [0.1, 0.15) is 6.04 Å². The molecule has 0 aliphatic carbocycles. The lowest BCUT2D eigenvalue weighted by Crippen LogP contribution is -2.49. The molecule has 0 aliphatic heterocycles. The second-order valence-electron chi connectivity index (χ2n) is 3.82. The van der Waals surface area contributed by atoms with Gasteiger partial charge in [0.05, 0.1) is 6.42 Å². The molecule has 0 aromatic carbocycles. The smallest absolute Gasteiger partial charge is 0.312 e. The SMILES string of the molecule is CCCC(CC(=O)O)NC(=O)C(C)NC(N)=O. The van der Waals surface area contributed by atoms with Crippen LogP contribution < -0.4 is 16.4 Å². The predicted octanol–water partition coefficient (Wildman–Crippen LogP) is -0.197. The molecule has 2 atom stereocenters. The number of urea groups is 1. The van der Waals surface area contributed by atoms with Crippen molar-refractivity contribution in [1.82, 2.24) is 10.6 Å². The van der Waals surface area contributed by atoms with E-state index in [1.807, 2.05) is 6.92 Å². The summed E-state index contributed by atoms with van der Waals surface area (Å²) in [6.45, 7) is 3.37. The van der Waals surface area contributed by atoms with Crippen LogP contribution in [0.25, 0.3) is 0 Å². The van der Waals surface area contributed by atoms with Gasteiger partial charge in [0.15, 0.2) is 0 Å². The average Bonchev–Trinajstić information content (AvgIpc) is 2.15. The lowest BCUT2D eigenvalue weighted by molar-refractivity contribution is -0.137. The average molecular weight is 245 g/mol. The van der Waals surface area contributed by atoms with Crippen LogP contribution in [0, 0.1) is 0 Å². The summed E-state index contributed by atoms with van der Waals surface area (Å²) in [5, 5.41) is 13.5. The Kier molecular flexibility index (Phi) is 6.69. The molecule has 0 saturated carbocycles. The summed E-state index contributed by atoms with van der Waals surface area (Å²) in [6.07, 6.45) is 1.19. The number of rotatable bonds is 7. The van der Waals surface area contributed by atoms with Gasteiger partial charge in [-0.15, -0.1) is 0 Å². The standard InChI is InChI=1S/C10H19N3O4/c1-3-4-7(5-8(14)15)13-9(16)6(2)12-10(11)17/h6-7H,3-5H2,1-2H3,(H,13,16)(H,14,15)(H3,11,12,17). The molecule has 0 saturated heterocycles. The number of hydrogen-bond acceptors (Lipinski definition) is 3. The van der Waals surface area contributed by atoms with Gasteiger partial charge in [0.25, 0.3) is 0 Å². The fourth-order valence-corrected chi connectivity index (χ4v) is 1.39. The van der Waals surface area contributed by atoms with Gasteiger partial charge >= 0.3 is 12.0 Å². The number of carbonyl (C=O) groups excluding carboxylic acids is 2. The van der Waals surface area contributed by atoms with Gasteiger partial charge in [-0.2, -0.15) is 0 Å². The first-order chi connectivity index (χ1) is 7.86. The number of carboxylic acid groups (broad SMARTS) is 1. The highest BCUT2D eigenvalue weighted by Crippen LogP contribution is 2.02. The molecule has 3 amide bonds. The van der Waals surface area contributed by atoms with E-state index in [0.29, 0.717) is 6.42 Å². The zero-order valence-electron chi connectivity index (χ0n) is 10.0. The van der Waals surface area contributed by atoms with Crippen LogP contribution in [0.15, 0.2) is 0 Å². The summed E-state index contributed by atoms with van der Waals surface area (Å²) in [5.74, 6) is -1.41. The number of amides is 3. The molecule has 0 rings (SSSR count). The summed E-state index contributed by atoms with van der Waals surface area (Å²) in [7, 11) is 0. The first-order valence-corrected chi connectivity index (χ1v) is 5.45. The first kappa shape index (κ1) is 15.2. The highest BCUT2D eigenvalue weighted by atomic mass is 16.4. The summed E-state index contributed by atoms with van der Waals surface area (Å²) >= 11 is 0. The van der Waals surface area contributed by atoms with Crippen molar-refractivity contribution in [2.24, 2.45) is 5.73 Å². The summed E-state index contributed by atoms with van der Waals surface area (Å²) in [6, 6.07) is -2.00. The fourth-order valence-electron chi connectivity index (χ4n) is 1.39. The summed E-state index contributed by atoms with van der Waals surface area (Å²) in [4.78, 5) is 32.7. The number of carboxylic acids is 1. The van der Waals surface area contributed by atoms with Gasteiger partial charge in [0.2, 0.25) is 5.91 Å². The molecule has 5 N–H and O–H groups in total. The largest absolute Gasteiger partial charge is 0.481 e. The number of primary amides is 1. The van der Waals surface area contributed by atoms with E-state index < -0.39 is 30.0 Å². The van der Waals surface area contributed by atoms with Crippen molar-refractivity contribution in [2.75, 3.05) is 0 Å². The third kappa shape index (κ3) is 7.15. The van der Waals surface area contributed by atoms with Crippen LogP contribution in [-0.2, 0) is 9.59 Å². The highest BCUT2D eigenvalue weighted by molar-refractivity contribution is 5.86. The predicted molar refractivity (Wildman–Crippen MR) is 61.3 cm³/mol. The zero-order valence-corrected chi connectivity index (χ0v) is 10.0.